The Kier molecular flexibility index (Phi) is 5.89. The quantitative estimate of drug-likeness (QED) is 0.361. The van der Waals surface area contributed by atoms with Crippen molar-refractivity contribution >= 4 is 35.5 Å². The van der Waals surface area contributed by atoms with Crippen LogP contribution in [0.5, 0.6) is 0 Å². The zero-order valence-corrected chi connectivity index (χ0v) is 12.9. The first-order valence-electron chi connectivity index (χ1n) is 5.83. The zero-order valence-electron chi connectivity index (χ0n) is 11.4. The van der Waals surface area contributed by atoms with Crippen LogP contribution < -0.4 is 0 Å². The van der Waals surface area contributed by atoms with Gasteiger partial charge < -0.3 is 4.74 Å². The summed E-state index contributed by atoms with van der Waals surface area (Å²) in [4.78, 5) is 11.7. The molecule has 13 heteroatoms. The third-order valence-corrected chi connectivity index (χ3v) is 3.89. The van der Waals surface area contributed by atoms with E-state index in [1.165, 1.54) is 6.07 Å². The van der Waals surface area contributed by atoms with E-state index in [1.807, 2.05) is 0 Å². The molecule has 2 radical (unpaired) electrons. The number of carbonyl (C=O) groups is 1. The van der Waals surface area contributed by atoms with Crippen LogP contribution in [0.4, 0.5) is 22.0 Å². The monoisotopic (exact) mass is 392 g/mol. The lowest BCUT2D eigenvalue weighted by Crippen LogP contribution is -2.52. The van der Waals surface area contributed by atoms with Crippen LogP contribution in [0.3, 0.4) is 0 Å². The molecule has 1 N–H and O–H groups in total. The van der Waals surface area contributed by atoms with Crippen LogP contribution in [0.15, 0.2) is 18.2 Å². The number of hydrogen-bond acceptors (Lipinski definition) is 4. The van der Waals surface area contributed by atoms with Gasteiger partial charge in [-0.2, -0.15) is 30.4 Å². The molecule has 5 nitrogen and oxygen atoms in total. The maximum Gasteiger partial charge on any atom is 0.432 e. The molecule has 24 heavy (non-hydrogen) atoms. The van der Waals surface area contributed by atoms with Gasteiger partial charge >= 0.3 is 27.5 Å². The van der Waals surface area contributed by atoms with Crippen LogP contribution >= 0.6 is 11.6 Å². The Morgan fingerprint density at radius 1 is 1.29 bits per heavy atom. The standard InChI is InChI=1S/C11H7BClF5O5S/c12-4-5-1-2-7(13)6(3-5)8(19)23-9(10(14,15)16)11(17,18)24(20,21)22/h1-3,9H,4H2,(H,20,21,22). The maximum absolute atomic E-state index is 13.3. The molecule has 0 saturated heterocycles. The summed E-state index contributed by atoms with van der Waals surface area (Å²) < 4.78 is 97.6. The fourth-order valence-corrected chi connectivity index (χ4v) is 2.13. The highest BCUT2D eigenvalue weighted by Crippen LogP contribution is 2.38. The van der Waals surface area contributed by atoms with Crippen molar-refractivity contribution in [2.75, 3.05) is 0 Å². The van der Waals surface area contributed by atoms with Gasteiger partial charge in [-0.05, 0) is 12.1 Å². The van der Waals surface area contributed by atoms with E-state index in [1.54, 1.807) is 0 Å². The highest BCUT2D eigenvalue weighted by molar-refractivity contribution is 7.86. The first-order valence-corrected chi connectivity index (χ1v) is 7.64. The predicted molar refractivity (Wildman–Crippen MR) is 72.7 cm³/mol. The van der Waals surface area contributed by atoms with Gasteiger partial charge in [0.2, 0.25) is 0 Å². The van der Waals surface area contributed by atoms with Gasteiger partial charge in [0.05, 0.1) is 18.4 Å². The molecule has 1 rings (SSSR count). The molecular formula is C11H7BClF5O5S. The van der Waals surface area contributed by atoms with E-state index < -0.39 is 44.2 Å². The van der Waals surface area contributed by atoms with Crippen LogP contribution in [0.25, 0.3) is 0 Å². The van der Waals surface area contributed by atoms with E-state index >= 15 is 0 Å². The van der Waals surface area contributed by atoms with Crippen molar-refractivity contribution in [3.05, 3.63) is 34.3 Å². The van der Waals surface area contributed by atoms with Crippen molar-refractivity contribution in [2.45, 2.75) is 23.9 Å². The fraction of sp³-hybridized carbons (Fsp3) is 0.364. The first kappa shape index (κ1) is 20.6. The van der Waals surface area contributed by atoms with Gasteiger partial charge in [-0.3, -0.25) is 4.55 Å². The van der Waals surface area contributed by atoms with Crippen molar-refractivity contribution in [3.8, 4) is 0 Å². The smallest absolute Gasteiger partial charge is 0.432 e. The summed E-state index contributed by atoms with van der Waals surface area (Å²) in [5, 5.41) is -6.26. The Morgan fingerprint density at radius 3 is 2.25 bits per heavy atom. The number of alkyl halides is 5. The summed E-state index contributed by atoms with van der Waals surface area (Å²) in [6.07, 6.45) is -10.6. The molecule has 0 saturated carbocycles. The lowest BCUT2D eigenvalue weighted by Gasteiger charge is -2.26. The number of hydrogen-bond donors (Lipinski definition) is 1. The molecule has 0 heterocycles. The van der Waals surface area contributed by atoms with Gasteiger partial charge in [-0.25, -0.2) is 4.79 Å². The van der Waals surface area contributed by atoms with Crippen molar-refractivity contribution in [1.29, 1.82) is 0 Å². The molecular weight excluding hydrogens is 385 g/mol. The number of rotatable bonds is 5. The minimum absolute atomic E-state index is 0.151. The van der Waals surface area contributed by atoms with Crippen molar-refractivity contribution in [1.82, 2.24) is 0 Å². The Balaban J connectivity index is 3.29. The van der Waals surface area contributed by atoms with Crippen LogP contribution in [0.2, 0.25) is 5.02 Å². The van der Waals surface area contributed by atoms with Crippen molar-refractivity contribution in [2.24, 2.45) is 0 Å². The molecule has 0 aliphatic heterocycles. The maximum atomic E-state index is 13.3. The zero-order chi connectivity index (χ0) is 18.9. The second kappa shape index (κ2) is 6.85. The fourth-order valence-electron chi connectivity index (χ4n) is 1.49. The lowest BCUT2D eigenvalue weighted by atomic mass is 9.96. The van der Waals surface area contributed by atoms with Crippen LogP contribution in [-0.2, 0) is 21.2 Å². The van der Waals surface area contributed by atoms with Gasteiger partial charge in [0, 0.05) is 0 Å². The predicted octanol–water partition coefficient (Wildman–Crippen LogP) is 2.58. The van der Waals surface area contributed by atoms with Crippen LogP contribution in [0.1, 0.15) is 15.9 Å². The molecule has 1 aromatic carbocycles. The molecule has 1 unspecified atom stereocenters. The van der Waals surface area contributed by atoms with Crippen LogP contribution in [0, 0.1) is 0 Å². The van der Waals surface area contributed by atoms with Gasteiger partial charge in [0.25, 0.3) is 6.10 Å². The third kappa shape index (κ3) is 4.36. The topological polar surface area (TPSA) is 80.7 Å². The minimum Gasteiger partial charge on any atom is -0.441 e. The van der Waals surface area contributed by atoms with E-state index in [-0.39, 0.29) is 11.9 Å². The molecule has 1 aromatic rings. The highest BCUT2D eigenvalue weighted by atomic mass is 35.5. The summed E-state index contributed by atoms with van der Waals surface area (Å²) in [6, 6.07) is 3.26. The second-order valence-corrected chi connectivity index (χ2v) is 6.28. The number of carbonyl (C=O) groups excluding carboxylic acids is 1. The Labute approximate surface area is 138 Å². The highest BCUT2D eigenvalue weighted by Gasteiger charge is 2.66. The molecule has 0 fully saturated rings. The van der Waals surface area contributed by atoms with Crippen LogP contribution in [-0.4, -0.2) is 44.3 Å². The molecule has 0 aromatic heterocycles. The number of esters is 1. The third-order valence-electron chi connectivity index (χ3n) is 2.66. The summed E-state index contributed by atoms with van der Waals surface area (Å²) in [6.45, 7) is 0. The van der Waals surface area contributed by atoms with Gasteiger partial charge in [0.1, 0.15) is 0 Å². The van der Waals surface area contributed by atoms with E-state index in [2.05, 4.69) is 4.74 Å². The molecule has 1 atom stereocenters. The van der Waals surface area contributed by atoms with Gasteiger partial charge in [-0.15, -0.1) is 0 Å². The number of ether oxygens (including phenoxy) is 1. The van der Waals surface area contributed by atoms with E-state index in [4.69, 9.17) is 24.0 Å². The molecule has 0 amide bonds. The normalized spacial score (nSPS) is 14.3. The first-order chi connectivity index (χ1) is 10.7. The van der Waals surface area contributed by atoms with Gasteiger partial charge in [-0.1, -0.05) is 29.6 Å². The molecule has 0 spiro atoms. The Hall–Kier alpha value is -1.40. The molecule has 0 bridgehead atoms. The second-order valence-electron chi connectivity index (χ2n) is 4.38. The van der Waals surface area contributed by atoms with E-state index in [0.29, 0.717) is 0 Å². The summed E-state index contributed by atoms with van der Waals surface area (Å²) in [5.41, 5.74) is -0.517. The Bertz CT molecular complexity index is 737. The lowest BCUT2D eigenvalue weighted by molar-refractivity contribution is -0.248. The van der Waals surface area contributed by atoms with Crippen molar-refractivity contribution in [3.63, 3.8) is 0 Å². The average molecular weight is 392 g/mol. The summed E-state index contributed by atoms with van der Waals surface area (Å²) in [5.74, 6) is -1.97. The largest absolute Gasteiger partial charge is 0.441 e. The molecule has 0 aliphatic rings. The summed E-state index contributed by atoms with van der Waals surface area (Å²) >= 11 is 5.57. The van der Waals surface area contributed by atoms with Gasteiger partial charge in [0.15, 0.2) is 0 Å². The minimum atomic E-state index is -6.52. The van der Waals surface area contributed by atoms with E-state index in [0.717, 1.165) is 12.1 Å². The molecule has 132 valence electrons. The van der Waals surface area contributed by atoms with E-state index in [9.17, 15) is 35.2 Å². The number of benzene rings is 1. The SMILES string of the molecule is [B]Cc1ccc(Cl)c(C(=O)OC(C(F)(F)F)C(F)(F)S(=O)(=O)O)c1. The number of halogens is 6. The summed E-state index contributed by atoms with van der Waals surface area (Å²) in [7, 11) is -1.26. The Morgan fingerprint density at radius 2 is 1.83 bits per heavy atom. The average Bonchev–Trinajstić information content (AvgIpc) is 2.42. The molecule has 0 aliphatic carbocycles. The van der Waals surface area contributed by atoms with Crippen molar-refractivity contribution < 1.29 is 44.5 Å².